The Bertz CT molecular complexity index is 796. The molecule has 1 aromatic carbocycles. The summed E-state index contributed by atoms with van der Waals surface area (Å²) < 4.78 is 13.9. The van der Waals surface area contributed by atoms with Gasteiger partial charge in [-0.05, 0) is 25.0 Å². The zero-order valence-corrected chi connectivity index (χ0v) is 13.4. The second kappa shape index (κ2) is 5.73. The monoisotopic (exact) mass is 333 g/mol. The number of benzene rings is 1. The van der Waals surface area contributed by atoms with Crippen LogP contribution in [0.4, 0.5) is 4.39 Å². The van der Waals surface area contributed by atoms with Crippen LogP contribution < -0.4 is 5.56 Å². The number of hydrogen-bond acceptors (Lipinski definition) is 3. The van der Waals surface area contributed by atoms with Crippen molar-refractivity contribution >= 4 is 11.6 Å². The van der Waals surface area contributed by atoms with Crippen LogP contribution >= 0.6 is 11.6 Å². The van der Waals surface area contributed by atoms with E-state index in [0.717, 1.165) is 30.9 Å². The Morgan fingerprint density at radius 3 is 2.96 bits per heavy atom. The fourth-order valence-electron chi connectivity index (χ4n) is 3.09. The van der Waals surface area contributed by atoms with Gasteiger partial charge in [-0.2, -0.15) is 0 Å². The van der Waals surface area contributed by atoms with Gasteiger partial charge >= 0.3 is 0 Å². The Hall–Kier alpha value is -1.72. The highest BCUT2D eigenvalue weighted by atomic mass is 35.5. The van der Waals surface area contributed by atoms with Crippen molar-refractivity contribution in [2.24, 2.45) is 0 Å². The van der Waals surface area contributed by atoms with Gasteiger partial charge in [-0.15, -0.1) is 0 Å². The Kier molecular flexibility index (Phi) is 3.70. The molecule has 120 valence electrons. The normalized spacial score (nSPS) is 18.0. The molecule has 0 spiro atoms. The summed E-state index contributed by atoms with van der Waals surface area (Å²) in [5.41, 5.74) is 2.03. The van der Waals surface area contributed by atoms with Crippen LogP contribution in [-0.2, 0) is 19.5 Å². The predicted octanol–water partition coefficient (Wildman–Crippen LogP) is 3.00. The number of halogens is 2. The van der Waals surface area contributed by atoms with Crippen molar-refractivity contribution in [1.29, 1.82) is 0 Å². The summed E-state index contributed by atoms with van der Waals surface area (Å²) in [5, 5.41) is 0.423. The molecule has 1 N–H and O–H groups in total. The lowest BCUT2D eigenvalue weighted by molar-refractivity contribution is 0.238. The minimum Gasteiger partial charge on any atom is -0.310 e. The van der Waals surface area contributed by atoms with Crippen LogP contribution in [0.25, 0.3) is 0 Å². The van der Waals surface area contributed by atoms with Crippen molar-refractivity contribution in [1.82, 2.24) is 14.9 Å². The quantitative estimate of drug-likeness (QED) is 0.939. The molecule has 0 bridgehead atoms. The molecule has 0 radical (unpaired) electrons. The molecule has 2 aromatic rings. The largest absolute Gasteiger partial charge is 0.310 e. The first-order chi connectivity index (χ1) is 11.1. The minimum atomic E-state index is -0.306. The lowest BCUT2D eigenvalue weighted by Gasteiger charge is -2.28. The lowest BCUT2D eigenvalue weighted by Crippen LogP contribution is -2.36. The molecule has 2 heterocycles. The van der Waals surface area contributed by atoms with E-state index in [1.165, 1.54) is 6.07 Å². The first kappa shape index (κ1) is 14.8. The van der Waals surface area contributed by atoms with E-state index < -0.39 is 0 Å². The summed E-state index contributed by atoms with van der Waals surface area (Å²) in [4.78, 5) is 21.9. The van der Waals surface area contributed by atoms with E-state index in [1.54, 1.807) is 12.1 Å². The van der Waals surface area contributed by atoms with E-state index in [4.69, 9.17) is 11.6 Å². The molecule has 1 aromatic heterocycles. The fraction of sp³-hybridized carbons (Fsp3) is 0.412. The Morgan fingerprint density at radius 1 is 1.39 bits per heavy atom. The van der Waals surface area contributed by atoms with Gasteiger partial charge in [0.25, 0.3) is 5.56 Å². The summed E-state index contributed by atoms with van der Waals surface area (Å²) in [5.74, 6) is 0.960. The Labute approximate surface area is 138 Å². The molecule has 0 saturated heterocycles. The molecular weight excluding hydrogens is 317 g/mol. The van der Waals surface area contributed by atoms with Gasteiger partial charge in [0.15, 0.2) is 0 Å². The Morgan fingerprint density at radius 2 is 2.22 bits per heavy atom. The number of nitrogens with zero attached hydrogens (tertiary/aromatic N) is 2. The van der Waals surface area contributed by atoms with Crippen molar-refractivity contribution in [2.75, 3.05) is 6.54 Å². The highest BCUT2D eigenvalue weighted by Gasteiger charge is 2.29. The molecule has 1 saturated carbocycles. The van der Waals surface area contributed by atoms with Gasteiger partial charge in [0.1, 0.15) is 11.6 Å². The van der Waals surface area contributed by atoms with E-state index >= 15 is 0 Å². The molecule has 1 aliphatic carbocycles. The second-order valence-corrected chi connectivity index (χ2v) is 6.72. The van der Waals surface area contributed by atoms with Crippen molar-refractivity contribution in [3.8, 4) is 0 Å². The summed E-state index contributed by atoms with van der Waals surface area (Å²) in [6.45, 7) is 1.63. The molecule has 23 heavy (non-hydrogen) atoms. The topological polar surface area (TPSA) is 49.0 Å². The third-order valence-electron chi connectivity index (χ3n) is 4.57. The van der Waals surface area contributed by atoms with E-state index in [-0.39, 0.29) is 11.4 Å². The maximum absolute atomic E-state index is 13.9. The number of aromatic nitrogens is 2. The SMILES string of the molecule is O=c1[nH]c(C2CC2)nc2c1CN(Cc1c(F)cccc1Cl)CC2. The number of nitrogens with one attached hydrogen (secondary N) is 1. The van der Waals surface area contributed by atoms with Crippen LogP contribution in [0.3, 0.4) is 0 Å². The molecular formula is C17H17ClFN3O. The van der Waals surface area contributed by atoms with Gasteiger partial charge in [-0.3, -0.25) is 9.69 Å². The van der Waals surface area contributed by atoms with Crippen LogP contribution in [0.1, 0.15) is 41.4 Å². The van der Waals surface area contributed by atoms with Crippen molar-refractivity contribution in [3.05, 3.63) is 62.0 Å². The van der Waals surface area contributed by atoms with E-state index in [9.17, 15) is 9.18 Å². The number of hydrogen-bond donors (Lipinski definition) is 1. The molecule has 1 fully saturated rings. The van der Waals surface area contributed by atoms with Crippen molar-refractivity contribution in [2.45, 2.75) is 38.3 Å². The van der Waals surface area contributed by atoms with Crippen LogP contribution in [0.2, 0.25) is 5.02 Å². The molecule has 4 nitrogen and oxygen atoms in total. The lowest BCUT2D eigenvalue weighted by atomic mass is 10.1. The number of fused-ring (bicyclic) bond motifs is 1. The van der Waals surface area contributed by atoms with Gasteiger partial charge in [0.05, 0.1) is 11.3 Å². The number of rotatable bonds is 3. The van der Waals surface area contributed by atoms with Gasteiger partial charge < -0.3 is 4.98 Å². The number of aromatic amines is 1. The second-order valence-electron chi connectivity index (χ2n) is 6.31. The third-order valence-corrected chi connectivity index (χ3v) is 4.93. The predicted molar refractivity (Wildman–Crippen MR) is 86.1 cm³/mol. The average molecular weight is 334 g/mol. The van der Waals surface area contributed by atoms with Crippen LogP contribution in [0.5, 0.6) is 0 Å². The maximum Gasteiger partial charge on any atom is 0.255 e. The molecule has 0 amide bonds. The van der Waals surface area contributed by atoms with Crippen LogP contribution in [0, 0.1) is 5.82 Å². The highest BCUT2D eigenvalue weighted by molar-refractivity contribution is 6.31. The first-order valence-corrected chi connectivity index (χ1v) is 8.27. The standard InChI is InChI=1S/C17H17ClFN3O/c18-13-2-1-3-14(19)11(13)8-22-7-6-15-12(9-22)17(23)21-16(20-15)10-4-5-10/h1-3,10H,4-9H2,(H,20,21,23). The third kappa shape index (κ3) is 2.91. The van der Waals surface area contributed by atoms with E-state index in [2.05, 4.69) is 9.97 Å². The maximum atomic E-state index is 13.9. The van der Waals surface area contributed by atoms with E-state index in [1.807, 2.05) is 4.90 Å². The molecule has 4 rings (SSSR count). The minimum absolute atomic E-state index is 0.0544. The van der Waals surface area contributed by atoms with Crippen molar-refractivity contribution in [3.63, 3.8) is 0 Å². The van der Waals surface area contributed by atoms with Crippen LogP contribution in [-0.4, -0.2) is 21.4 Å². The van der Waals surface area contributed by atoms with Gasteiger partial charge in [0, 0.05) is 42.6 Å². The van der Waals surface area contributed by atoms with Gasteiger partial charge in [-0.25, -0.2) is 9.37 Å². The number of H-pyrrole nitrogens is 1. The van der Waals surface area contributed by atoms with E-state index in [0.29, 0.717) is 41.6 Å². The molecule has 6 heteroatoms. The first-order valence-electron chi connectivity index (χ1n) is 7.89. The fourth-order valence-corrected chi connectivity index (χ4v) is 3.32. The van der Waals surface area contributed by atoms with Crippen LogP contribution in [0.15, 0.2) is 23.0 Å². The van der Waals surface area contributed by atoms with Gasteiger partial charge in [-0.1, -0.05) is 17.7 Å². The molecule has 1 aliphatic heterocycles. The summed E-state index contributed by atoms with van der Waals surface area (Å²) in [7, 11) is 0. The Balaban J connectivity index is 1.58. The molecule has 0 unspecified atom stereocenters. The van der Waals surface area contributed by atoms with Gasteiger partial charge in [0.2, 0.25) is 0 Å². The molecule has 2 aliphatic rings. The smallest absolute Gasteiger partial charge is 0.255 e. The highest BCUT2D eigenvalue weighted by Crippen LogP contribution is 2.37. The summed E-state index contributed by atoms with van der Waals surface area (Å²) in [6.07, 6.45) is 2.93. The average Bonchev–Trinajstić information content (AvgIpc) is 3.36. The van der Waals surface area contributed by atoms with Crippen molar-refractivity contribution < 1.29 is 4.39 Å². The zero-order valence-electron chi connectivity index (χ0n) is 12.6. The zero-order chi connectivity index (χ0) is 16.0. The molecule has 0 atom stereocenters. The summed E-state index contributed by atoms with van der Waals surface area (Å²) >= 11 is 6.10. The summed E-state index contributed by atoms with van der Waals surface area (Å²) in [6, 6.07) is 4.70.